The number of rotatable bonds is 6. The highest BCUT2D eigenvalue weighted by Gasteiger charge is 2.56. The number of carbonyl (C=O) groups is 1. The van der Waals surface area contributed by atoms with E-state index >= 15 is 4.79 Å². The van der Waals surface area contributed by atoms with Crippen LogP contribution in [-0.4, -0.2) is 5.78 Å². The van der Waals surface area contributed by atoms with Crippen LogP contribution in [0.1, 0.15) is 67.2 Å². The Kier molecular flexibility index (Phi) is 10.8. The van der Waals surface area contributed by atoms with Crippen LogP contribution in [0.4, 0.5) is 0 Å². The van der Waals surface area contributed by atoms with E-state index in [1.54, 1.807) is 0 Å². The van der Waals surface area contributed by atoms with E-state index in [-0.39, 0.29) is 11.7 Å². The van der Waals surface area contributed by atoms with Crippen LogP contribution < -0.4 is 0 Å². The summed E-state index contributed by atoms with van der Waals surface area (Å²) < 4.78 is 0. The summed E-state index contributed by atoms with van der Waals surface area (Å²) in [6.07, 6.45) is 5.28. The molecule has 2 spiro atoms. The maximum atomic E-state index is 15.8. The molecule has 0 aliphatic heterocycles. The molecule has 5 aliphatic rings. The van der Waals surface area contributed by atoms with Crippen molar-refractivity contribution in [3.8, 4) is 77.9 Å². The maximum absolute atomic E-state index is 15.8. The van der Waals surface area contributed by atoms with Crippen molar-refractivity contribution in [1.82, 2.24) is 0 Å². The summed E-state index contributed by atoms with van der Waals surface area (Å²) in [6, 6.07) is 115. The lowest BCUT2D eigenvalue weighted by Gasteiger charge is -2.33. The molecule has 0 bridgehead atoms. The van der Waals surface area contributed by atoms with E-state index in [0.29, 0.717) is 5.56 Å². The average molecular weight is 1170 g/mol. The fourth-order valence-corrected chi connectivity index (χ4v) is 17.7. The minimum Gasteiger partial charge on any atom is -0.289 e. The third-order valence-corrected chi connectivity index (χ3v) is 21.6. The number of benzene rings is 15. The molecule has 1 nitrogen and oxygen atoms in total. The quantitative estimate of drug-likeness (QED) is 0.120. The number of hydrogen-bond acceptors (Lipinski definition) is 1. The molecule has 0 saturated heterocycles. The molecular formula is C91H56O. The van der Waals surface area contributed by atoms with Gasteiger partial charge in [0, 0.05) is 17.1 Å². The third kappa shape index (κ3) is 7.00. The summed E-state index contributed by atoms with van der Waals surface area (Å²) >= 11 is 0. The van der Waals surface area contributed by atoms with Gasteiger partial charge in [-0.15, -0.1) is 0 Å². The second-order valence-corrected chi connectivity index (χ2v) is 26.0. The molecular weight excluding hydrogens is 1110 g/mol. The first-order chi connectivity index (χ1) is 45.5. The maximum Gasteiger partial charge on any atom is 0.192 e. The summed E-state index contributed by atoms with van der Waals surface area (Å²) in [6.45, 7) is 0. The van der Waals surface area contributed by atoms with E-state index in [1.807, 2.05) is 0 Å². The first-order valence-electron chi connectivity index (χ1n) is 32.3. The molecule has 92 heavy (non-hydrogen) atoms. The molecule has 15 aromatic rings. The van der Waals surface area contributed by atoms with Crippen molar-refractivity contribution in [1.29, 1.82) is 0 Å². The first-order valence-corrected chi connectivity index (χ1v) is 32.3. The van der Waals surface area contributed by atoms with Gasteiger partial charge in [0.15, 0.2) is 5.78 Å². The second-order valence-electron chi connectivity index (χ2n) is 26.0. The van der Waals surface area contributed by atoms with Crippen molar-refractivity contribution in [2.45, 2.75) is 23.2 Å². The lowest BCUT2D eigenvalue weighted by molar-refractivity contribution is 0.103. The standard InChI is InChI=1S/C91H56O/c92-89(66-42-45-75-73-25-7-12-31-82(73)90(86(75)53-66)80-29-10-5-23-71(80)72-24-6-11-30-81(72)90)67-43-46-76-74-26-8-13-32-83(74)91(87(76)54-67)84-33-14-9-27-77(84)88-69(28-16-34-85(88)91)65-41-44-70-78(51-64-19-3-4-22-68(64)79(70)52-65)63-21-15-20-57(50-63)58-37-38-62-49-61(40-39-60(62)48-58)59-36-35-55-17-1-2-18-56(55)47-59/h1-44,46-54,75H,45H2. The Bertz CT molecular complexity index is 5800. The SMILES string of the molecule is O=C(C1=CCC2C(=C1)C1(c3ccccc3-c3ccccc31)c1ccccc12)c1ccc2c(c1)C1(c3ccccc3-2)c2ccccc2-c2c(-c3ccc4c(-c5cccc(-c6ccc7cc(-c8ccc9ccccc9c8)ccc7c6)c5)cc5ccccc5c4c3)cccc21. The van der Waals surface area contributed by atoms with Crippen molar-refractivity contribution in [3.63, 3.8) is 0 Å². The molecule has 1 heteroatoms. The number of allylic oxidation sites excluding steroid dienone is 4. The van der Waals surface area contributed by atoms with Gasteiger partial charge >= 0.3 is 0 Å². The van der Waals surface area contributed by atoms with Crippen LogP contribution in [-0.2, 0) is 10.8 Å². The number of hydrogen-bond donors (Lipinski definition) is 0. The molecule has 15 aromatic carbocycles. The molecule has 0 amide bonds. The summed E-state index contributed by atoms with van der Waals surface area (Å²) in [5.74, 6) is 0.229. The fourth-order valence-electron chi connectivity index (χ4n) is 17.7. The van der Waals surface area contributed by atoms with Crippen molar-refractivity contribution >= 4 is 48.9 Å². The van der Waals surface area contributed by atoms with Gasteiger partial charge in [0.2, 0.25) is 0 Å². The van der Waals surface area contributed by atoms with Gasteiger partial charge < -0.3 is 0 Å². The number of ketones is 1. The van der Waals surface area contributed by atoms with Crippen LogP contribution in [0.5, 0.6) is 0 Å². The van der Waals surface area contributed by atoms with Crippen LogP contribution in [0.3, 0.4) is 0 Å². The molecule has 0 aromatic heterocycles. The van der Waals surface area contributed by atoms with Crippen molar-refractivity contribution in [3.05, 3.63) is 383 Å². The molecule has 0 N–H and O–H groups in total. The minimum atomic E-state index is -0.670. The minimum absolute atomic E-state index is 0.0610. The average Bonchev–Trinajstić information content (AvgIpc) is 1.52. The smallest absolute Gasteiger partial charge is 0.192 e. The summed E-state index contributed by atoms with van der Waals surface area (Å²) in [4.78, 5) is 15.8. The van der Waals surface area contributed by atoms with E-state index in [2.05, 4.69) is 322 Å². The Morgan fingerprint density at radius 2 is 0.793 bits per heavy atom. The van der Waals surface area contributed by atoms with E-state index in [1.165, 1.54) is 165 Å². The molecule has 2 atom stereocenters. The third-order valence-electron chi connectivity index (χ3n) is 21.6. The van der Waals surface area contributed by atoms with E-state index in [4.69, 9.17) is 0 Å². The van der Waals surface area contributed by atoms with E-state index < -0.39 is 10.8 Å². The molecule has 0 heterocycles. The summed E-state index contributed by atoms with van der Waals surface area (Å²) in [5, 5.41) is 9.83. The molecule has 2 unspecified atom stereocenters. The van der Waals surface area contributed by atoms with Gasteiger partial charge in [0.05, 0.1) is 10.8 Å². The first kappa shape index (κ1) is 51.4. The van der Waals surface area contributed by atoms with Crippen LogP contribution in [0.15, 0.2) is 333 Å². The van der Waals surface area contributed by atoms with Gasteiger partial charge in [-0.25, -0.2) is 0 Å². The molecule has 0 fully saturated rings. The van der Waals surface area contributed by atoms with Gasteiger partial charge in [-0.05, 0) is 226 Å². The van der Waals surface area contributed by atoms with E-state index in [0.717, 1.165) is 17.6 Å². The predicted octanol–water partition coefficient (Wildman–Crippen LogP) is 22.9. The Labute approximate surface area is 534 Å². The predicted molar refractivity (Wildman–Crippen MR) is 381 cm³/mol. The Morgan fingerprint density at radius 1 is 0.293 bits per heavy atom. The molecule has 0 radical (unpaired) electrons. The highest BCUT2D eigenvalue weighted by Crippen LogP contribution is 2.67. The summed E-state index contributed by atoms with van der Waals surface area (Å²) in [7, 11) is 0. The van der Waals surface area contributed by atoms with Gasteiger partial charge in [-0.3, -0.25) is 4.79 Å². The van der Waals surface area contributed by atoms with E-state index in [9.17, 15) is 0 Å². The number of Topliss-reactive ketones (excluding diaryl/α,β-unsaturated/α-hetero) is 1. The van der Waals surface area contributed by atoms with Crippen molar-refractivity contribution < 1.29 is 4.79 Å². The van der Waals surface area contributed by atoms with Crippen molar-refractivity contribution in [2.24, 2.45) is 0 Å². The lowest BCUT2D eigenvalue weighted by Crippen LogP contribution is -2.28. The summed E-state index contributed by atoms with van der Waals surface area (Å²) in [5.41, 5.74) is 28.8. The number of carbonyl (C=O) groups excluding carboxylic acids is 1. The highest BCUT2D eigenvalue weighted by molar-refractivity contribution is 6.16. The number of fused-ring (bicyclic) bond motifs is 25. The van der Waals surface area contributed by atoms with Crippen LogP contribution >= 0.6 is 0 Å². The van der Waals surface area contributed by atoms with Gasteiger partial charge in [0.25, 0.3) is 0 Å². The van der Waals surface area contributed by atoms with Crippen molar-refractivity contribution in [2.75, 3.05) is 0 Å². The van der Waals surface area contributed by atoms with Crippen LogP contribution in [0, 0.1) is 0 Å². The largest absolute Gasteiger partial charge is 0.289 e. The van der Waals surface area contributed by atoms with Gasteiger partial charge in [-0.2, -0.15) is 0 Å². The zero-order valence-corrected chi connectivity index (χ0v) is 50.3. The molecule has 20 rings (SSSR count). The second kappa shape index (κ2) is 19.3. The normalized spacial score (nSPS) is 16.4. The lowest BCUT2D eigenvalue weighted by atomic mass is 9.68. The topological polar surface area (TPSA) is 17.1 Å². The molecule has 5 aliphatic carbocycles. The Balaban J connectivity index is 0.693. The highest BCUT2D eigenvalue weighted by atomic mass is 16.1. The van der Waals surface area contributed by atoms with Gasteiger partial charge in [-0.1, -0.05) is 273 Å². The monoisotopic (exact) mass is 1160 g/mol. The zero-order chi connectivity index (χ0) is 60.4. The fraction of sp³-hybridized carbons (Fsp3) is 0.0440. The Morgan fingerprint density at radius 3 is 1.51 bits per heavy atom. The molecule has 0 saturated carbocycles. The van der Waals surface area contributed by atoms with Gasteiger partial charge in [0.1, 0.15) is 0 Å². The molecule has 426 valence electrons. The van der Waals surface area contributed by atoms with Crippen LogP contribution in [0.25, 0.3) is 121 Å². The Hall–Kier alpha value is -11.5. The zero-order valence-electron chi connectivity index (χ0n) is 50.3. The van der Waals surface area contributed by atoms with Crippen LogP contribution in [0.2, 0.25) is 0 Å².